The number of hydrogen-bond acceptors (Lipinski definition) is 4. The van der Waals surface area contributed by atoms with Gasteiger partial charge in [-0.2, -0.15) is 0 Å². The standard InChI is InChI=1S/C30H37NO4/c1-5-10-26-27(17-20(3)32)28(6-2)31-29(26)21(4)22-13-15-24(16-14-22)35-25-18-33-30(34-19-25)23-11-8-7-9-12-23/h6-9,11-17,20-21,25,30-32H,5,10,18-19H2,1-4H3/b27-17-,28-6+. The van der Waals surface area contributed by atoms with Crippen molar-refractivity contribution in [3.63, 3.8) is 0 Å². The minimum atomic E-state index is -0.490. The average Bonchev–Trinajstić information content (AvgIpc) is 3.21. The van der Waals surface area contributed by atoms with Gasteiger partial charge in [-0.3, -0.25) is 0 Å². The lowest BCUT2D eigenvalue weighted by atomic mass is 9.93. The molecule has 0 radical (unpaired) electrons. The molecule has 1 fully saturated rings. The molecule has 2 N–H and O–H groups in total. The van der Waals surface area contributed by atoms with Gasteiger partial charge in [0.15, 0.2) is 6.29 Å². The Morgan fingerprint density at radius 1 is 1.06 bits per heavy atom. The molecule has 1 saturated heterocycles. The van der Waals surface area contributed by atoms with Crippen molar-refractivity contribution in [1.29, 1.82) is 0 Å². The van der Waals surface area contributed by atoms with Crippen molar-refractivity contribution < 1.29 is 19.3 Å². The summed E-state index contributed by atoms with van der Waals surface area (Å²) in [5.41, 5.74) is 4.73. The minimum absolute atomic E-state index is 0.140. The molecule has 2 aromatic carbocycles. The molecule has 5 heteroatoms. The zero-order valence-electron chi connectivity index (χ0n) is 21.2. The Hall–Kier alpha value is -2.86. The van der Waals surface area contributed by atoms with Crippen LogP contribution >= 0.6 is 0 Å². The minimum Gasteiger partial charge on any atom is -0.486 e. The van der Waals surface area contributed by atoms with Crippen molar-refractivity contribution in [3.8, 4) is 5.75 Å². The van der Waals surface area contributed by atoms with E-state index in [-0.39, 0.29) is 18.3 Å². The van der Waals surface area contributed by atoms with Crippen LogP contribution in [0.5, 0.6) is 5.75 Å². The summed E-state index contributed by atoms with van der Waals surface area (Å²) in [6, 6.07) is 18.3. The molecule has 3 aromatic rings. The summed E-state index contributed by atoms with van der Waals surface area (Å²) >= 11 is 0. The van der Waals surface area contributed by atoms with E-state index in [9.17, 15) is 5.11 Å². The maximum atomic E-state index is 10.0. The zero-order chi connectivity index (χ0) is 24.8. The molecule has 2 heterocycles. The number of ether oxygens (including phenoxy) is 3. The van der Waals surface area contributed by atoms with Crippen LogP contribution in [-0.2, 0) is 15.9 Å². The predicted molar refractivity (Wildman–Crippen MR) is 140 cm³/mol. The summed E-state index contributed by atoms with van der Waals surface area (Å²) in [6.07, 6.45) is 5.07. The quantitative estimate of drug-likeness (QED) is 0.501. The molecule has 2 unspecified atom stereocenters. The summed E-state index contributed by atoms with van der Waals surface area (Å²) in [4.78, 5) is 3.62. The first kappa shape index (κ1) is 25.2. The third kappa shape index (κ3) is 6.04. The van der Waals surface area contributed by atoms with E-state index in [0.717, 1.165) is 34.7 Å². The molecule has 4 rings (SSSR count). The third-order valence-electron chi connectivity index (χ3n) is 6.46. The highest BCUT2D eigenvalue weighted by Crippen LogP contribution is 2.28. The van der Waals surface area contributed by atoms with E-state index >= 15 is 0 Å². The summed E-state index contributed by atoms with van der Waals surface area (Å²) < 4.78 is 17.9. The number of rotatable bonds is 8. The van der Waals surface area contributed by atoms with Crippen molar-refractivity contribution in [1.82, 2.24) is 4.98 Å². The number of aliphatic hydroxyl groups excluding tert-OH is 1. The van der Waals surface area contributed by atoms with Crippen molar-refractivity contribution >= 4 is 12.2 Å². The highest BCUT2D eigenvalue weighted by molar-refractivity contribution is 5.43. The lowest BCUT2D eigenvalue weighted by molar-refractivity contribution is -0.215. The molecule has 0 bridgehead atoms. The lowest BCUT2D eigenvalue weighted by Crippen LogP contribution is -2.35. The SMILES string of the molecule is C/C=c1/[nH]c(C(C)c2ccc(OC3COC(c4ccccc4)OC3)cc2)c(CCC)/c1=C/C(C)O. The highest BCUT2D eigenvalue weighted by atomic mass is 16.7. The summed E-state index contributed by atoms with van der Waals surface area (Å²) in [7, 11) is 0. The van der Waals surface area contributed by atoms with Crippen molar-refractivity contribution in [3.05, 3.63) is 87.5 Å². The van der Waals surface area contributed by atoms with Gasteiger partial charge in [0.05, 0.1) is 19.3 Å². The van der Waals surface area contributed by atoms with Crippen LogP contribution in [0, 0.1) is 0 Å². The number of aromatic amines is 1. The summed E-state index contributed by atoms with van der Waals surface area (Å²) in [5, 5.41) is 12.2. The molecule has 186 valence electrons. The smallest absolute Gasteiger partial charge is 0.184 e. The highest BCUT2D eigenvalue weighted by Gasteiger charge is 2.25. The van der Waals surface area contributed by atoms with Crippen molar-refractivity contribution in [2.24, 2.45) is 0 Å². The molecule has 0 saturated carbocycles. The fourth-order valence-electron chi connectivity index (χ4n) is 4.69. The molecule has 1 aliphatic heterocycles. The maximum Gasteiger partial charge on any atom is 0.184 e. The molecule has 0 spiro atoms. The Balaban J connectivity index is 1.45. The average molecular weight is 476 g/mol. The van der Waals surface area contributed by atoms with Crippen molar-refractivity contribution in [2.75, 3.05) is 13.2 Å². The second-order valence-electron chi connectivity index (χ2n) is 9.23. The Morgan fingerprint density at radius 3 is 2.34 bits per heavy atom. The second kappa shape index (κ2) is 11.7. The van der Waals surface area contributed by atoms with Crippen LogP contribution in [0.2, 0.25) is 0 Å². The molecule has 35 heavy (non-hydrogen) atoms. The van der Waals surface area contributed by atoms with Gasteiger partial charge in [0.25, 0.3) is 0 Å². The van der Waals surface area contributed by atoms with Gasteiger partial charge < -0.3 is 24.3 Å². The fraction of sp³-hybridized carbons (Fsp3) is 0.400. The van der Waals surface area contributed by atoms with Crippen LogP contribution < -0.4 is 15.3 Å². The van der Waals surface area contributed by atoms with Crippen LogP contribution in [0.1, 0.15) is 68.7 Å². The van der Waals surface area contributed by atoms with Gasteiger partial charge >= 0.3 is 0 Å². The molecular formula is C30H37NO4. The zero-order valence-corrected chi connectivity index (χ0v) is 21.2. The molecule has 1 aromatic heterocycles. The normalized spacial score (nSPS) is 21.2. The monoisotopic (exact) mass is 475 g/mol. The molecular weight excluding hydrogens is 438 g/mol. The Labute approximate surface area is 208 Å². The van der Waals surface area contributed by atoms with E-state index in [1.165, 1.54) is 16.8 Å². The number of aliphatic hydroxyl groups is 1. The van der Waals surface area contributed by atoms with Gasteiger partial charge in [0, 0.05) is 27.7 Å². The van der Waals surface area contributed by atoms with E-state index in [2.05, 4.69) is 37.0 Å². The van der Waals surface area contributed by atoms with Gasteiger partial charge in [-0.15, -0.1) is 0 Å². The van der Waals surface area contributed by atoms with Crippen LogP contribution in [0.3, 0.4) is 0 Å². The van der Waals surface area contributed by atoms with Crippen LogP contribution in [0.25, 0.3) is 12.2 Å². The molecule has 5 nitrogen and oxygen atoms in total. The first-order valence-electron chi connectivity index (χ1n) is 12.6. The van der Waals surface area contributed by atoms with Gasteiger partial charge in [0.2, 0.25) is 0 Å². The fourth-order valence-corrected chi connectivity index (χ4v) is 4.69. The maximum absolute atomic E-state index is 10.0. The topological polar surface area (TPSA) is 63.7 Å². The Kier molecular flexibility index (Phi) is 8.45. The molecule has 2 atom stereocenters. The van der Waals surface area contributed by atoms with E-state index in [1.54, 1.807) is 6.92 Å². The largest absolute Gasteiger partial charge is 0.486 e. The van der Waals surface area contributed by atoms with Gasteiger partial charge in [-0.25, -0.2) is 0 Å². The summed E-state index contributed by atoms with van der Waals surface area (Å²) in [6.45, 7) is 9.21. The Morgan fingerprint density at radius 2 is 1.74 bits per heavy atom. The Bertz CT molecular complexity index is 1190. The van der Waals surface area contributed by atoms with Gasteiger partial charge in [-0.1, -0.05) is 68.8 Å². The van der Waals surface area contributed by atoms with E-state index in [0.29, 0.717) is 13.2 Å². The van der Waals surface area contributed by atoms with Crippen LogP contribution in [0.4, 0.5) is 0 Å². The van der Waals surface area contributed by atoms with E-state index in [1.807, 2.05) is 55.5 Å². The lowest BCUT2D eigenvalue weighted by Gasteiger charge is -2.30. The molecule has 1 aliphatic rings. The molecule has 0 aliphatic carbocycles. The first-order valence-corrected chi connectivity index (χ1v) is 12.6. The van der Waals surface area contributed by atoms with Gasteiger partial charge in [0.1, 0.15) is 11.9 Å². The van der Waals surface area contributed by atoms with Gasteiger partial charge in [-0.05, 0) is 49.6 Å². The van der Waals surface area contributed by atoms with Crippen LogP contribution in [0.15, 0.2) is 54.6 Å². The summed E-state index contributed by atoms with van der Waals surface area (Å²) in [5.74, 6) is 0.996. The number of nitrogens with one attached hydrogen (secondary N) is 1. The predicted octanol–water partition coefficient (Wildman–Crippen LogP) is 4.57. The van der Waals surface area contributed by atoms with Crippen LogP contribution in [-0.4, -0.2) is 35.5 Å². The number of aromatic nitrogens is 1. The third-order valence-corrected chi connectivity index (χ3v) is 6.46. The number of hydrogen-bond donors (Lipinski definition) is 2. The number of H-pyrrole nitrogens is 1. The first-order chi connectivity index (χ1) is 17.0. The number of benzene rings is 2. The van der Waals surface area contributed by atoms with E-state index in [4.69, 9.17) is 14.2 Å². The van der Waals surface area contributed by atoms with Crippen molar-refractivity contribution in [2.45, 2.75) is 65.0 Å². The van der Waals surface area contributed by atoms with E-state index < -0.39 is 6.10 Å². The second-order valence-corrected chi connectivity index (χ2v) is 9.23. The molecule has 0 amide bonds.